The van der Waals surface area contributed by atoms with Gasteiger partial charge < -0.3 is 10.6 Å². The third-order valence-electron chi connectivity index (χ3n) is 2.68. The van der Waals surface area contributed by atoms with E-state index < -0.39 is 0 Å². The average Bonchev–Trinajstić information content (AvgIpc) is 2.38. The van der Waals surface area contributed by atoms with Gasteiger partial charge in [-0.05, 0) is 36.4 Å². The van der Waals surface area contributed by atoms with Crippen molar-refractivity contribution in [2.75, 3.05) is 17.7 Å². The second-order valence-electron chi connectivity index (χ2n) is 3.94. The lowest BCUT2D eigenvalue weighted by atomic mass is 10.1. The predicted octanol–water partition coefficient (Wildman–Crippen LogP) is 3.20. The Labute approximate surface area is 111 Å². The minimum Gasteiger partial charge on any atom is -0.399 e. The summed E-state index contributed by atoms with van der Waals surface area (Å²) in [6.45, 7) is 0. The third kappa shape index (κ3) is 2.46. The smallest absolute Gasteiger partial charge is 0.258 e. The van der Waals surface area contributed by atoms with Crippen molar-refractivity contribution in [2.24, 2.45) is 0 Å². The zero-order valence-electron chi connectivity index (χ0n) is 9.93. The zero-order valence-corrected chi connectivity index (χ0v) is 10.7. The lowest BCUT2D eigenvalue weighted by molar-refractivity contribution is 0.0993. The fraction of sp³-hybridized carbons (Fsp3) is 0.0714. The van der Waals surface area contributed by atoms with Gasteiger partial charge in [-0.1, -0.05) is 23.7 Å². The molecule has 0 aliphatic carbocycles. The van der Waals surface area contributed by atoms with Gasteiger partial charge in [0.15, 0.2) is 0 Å². The number of hydrogen-bond donors (Lipinski definition) is 1. The molecule has 2 N–H and O–H groups in total. The molecule has 0 fully saturated rings. The molecule has 0 aromatic heterocycles. The number of nitrogen functional groups attached to an aromatic ring is 1. The highest BCUT2D eigenvalue weighted by Crippen LogP contribution is 2.25. The van der Waals surface area contributed by atoms with Crippen molar-refractivity contribution < 1.29 is 4.79 Å². The van der Waals surface area contributed by atoms with Gasteiger partial charge in [-0.3, -0.25) is 4.79 Å². The molecule has 0 bridgehead atoms. The van der Waals surface area contributed by atoms with Gasteiger partial charge in [-0.25, -0.2) is 0 Å². The summed E-state index contributed by atoms with van der Waals surface area (Å²) in [5.74, 6) is -0.122. The Morgan fingerprint density at radius 3 is 2.33 bits per heavy atom. The summed E-state index contributed by atoms with van der Waals surface area (Å²) >= 11 is 6.06. The fourth-order valence-electron chi connectivity index (χ4n) is 1.65. The van der Waals surface area contributed by atoms with Gasteiger partial charge in [-0.15, -0.1) is 0 Å². The minimum atomic E-state index is -0.122. The Balaban J connectivity index is 2.29. The Bertz CT molecular complexity index is 566. The second-order valence-corrected chi connectivity index (χ2v) is 4.34. The van der Waals surface area contributed by atoms with E-state index in [9.17, 15) is 4.79 Å². The third-order valence-corrected chi connectivity index (χ3v) is 3.00. The molecule has 92 valence electrons. The largest absolute Gasteiger partial charge is 0.399 e. The van der Waals surface area contributed by atoms with Crippen LogP contribution < -0.4 is 10.6 Å². The average molecular weight is 261 g/mol. The molecule has 0 spiro atoms. The highest BCUT2D eigenvalue weighted by Gasteiger charge is 2.15. The lowest BCUT2D eigenvalue weighted by Crippen LogP contribution is -2.26. The normalized spacial score (nSPS) is 10.1. The number of nitrogens with zero attached hydrogens (tertiary/aromatic N) is 1. The molecule has 4 heteroatoms. The zero-order chi connectivity index (χ0) is 13.1. The lowest BCUT2D eigenvalue weighted by Gasteiger charge is -2.18. The Morgan fingerprint density at radius 1 is 1.11 bits per heavy atom. The van der Waals surface area contributed by atoms with Gasteiger partial charge in [-0.2, -0.15) is 0 Å². The van der Waals surface area contributed by atoms with Crippen molar-refractivity contribution in [3.05, 3.63) is 59.1 Å². The Hall–Kier alpha value is -2.00. The molecule has 0 saturated carbocycles. The van der Waals surface area contributed by atoms with Crippen LogP contribution in [0.25, 0.3) is 0 Å². The van der Waals surface area contributed by atoms with Crippen molar-refractivity contribution in [2.45, 2.75) is 0 Å². The molecule has 2 rings (SSSR count). The van der Waals surface area contributed by atoms with E-state index in [0.29, 0.717) is 22.0 Å². The van der Waals surface area contributed by atoms with Crippen molar-refractivity contribution in [3.63, 3.8) is 0 Å². The molecule has 0 unspecified atom stereocenters. The number of rotatable bonds is 2. The van der Waals surface area contributed by atoms with Crippen molar-refractivity contribution in [1.29, 1.82) is 0 Å². The van der Waals surface area contributed by atoms with Crippen LogP contribution in [-0.2, 0) is 0 Å². The van der Waals surface area contributed by atoms with E-state index in [2.05, 4.69) is 0 Å². The Morgan fingerprint density at radius 2 is 1.72 bits per heavy atom. The SMILES string of the molecule is CN(C(=O)c1ccc(N)cc1)c1ccccc1Cl. The maximum Gasteiger partial charge on any atom is 0.258 e. The van der Waals surface area contributed by atoms with Crippen LogP contribution in [0.5, 0.6) is 0 Å². The van der Waals surface area contributed by atoms with Crippen LogP contribution in [0.2, 0.25) is 5.02 Å². The quantitative estimate of drug-likeness (QED) is 0.843. The number of anilines is 2. The molecule has 0 aliphatic heterocycles. The molecule has 3 nitrogen and oxygen atoms in total. The number of halogens is 1. The minimum absolute atomic E-state index is 0.122. The fourth-order valence-corrected chi connectivity index (χ4v) is 1.91. The van der Waals surface area contributed by atoms with Crippen LogP contribution in [0.1, 0.15) is 10.4 Å². The molecule has 1 amide bonds. The van der Waals surface area contributed by atoms with Crippen LogP contribution >= 0.6 is 11.6 Å². The van der Waals surface area contributed by atoms with Crippen LogP contribution in [0.3, 0.4) is 0 Å². The van der Waals surface area contributed by atoms with Gasteiger partial charge in [0.2, 0.25) is 0 Å². The van der Waals surface area contributed by atoms with E-state index in [-0.39, 0.29) is 5.91 Å². The molecule has 0 heterocycles. The van der Waals surface area contributed by atoms with E-state index in [1.165, 1.54) is 4.90 Å². The standard InChI is InChI=1S/C14H13ClN2O/c1-17(13-5-3-2-4-12(13)15)14(18)10-6-8-11(16)9-7-10/h2-9H,16H2,1H3. The molecule has 0 radical (unpaired) electrons. The molecule has 18 heavy (non-hydrogen) atoms. The first-order valence-corrected chi connectivity index (χ1v) is 5.85. The number of carbonyl (C=O) groups is 1. The maximum atomic E-state index is 12.2. The van der Waals surface area contributed by atoms with E-state index in [1.807, 2.05) is 12.1 Å². The van der Waals surface area contributed by atoms with Crippen LogP contribution in [-0.4, -0.2) is 13.0 Å². The summed E-state index contributed by atoms with van der Waals surface area (Å²) in [5.41, 5.74) is 7.48. The van der Waals surface area contributed by atoms with Gasteiger partial charge in [0.05, 0.1) is 10.7 Å². The van der Waals surface area contributed by atoms with E-state index in [1.54, 1.807) is 43.4 Å². The van der Waals surface area contributed by atoms with E-state index >= 15 is 0 Å². The number of hydrogen-bond acceptors (Lipinski definition) is 2. The topological polar surface area (TPSA) is 46.3 Å². The number of nitrogens with two attached hydrogens (primary N) is 1. The first-order valence-electron chi connectivity index (χ1n) is 5.47. The highest BCUT2D eigenvalue weighted by molar-refractivity contribution is 6.34. The van der Waals surface area contributed by atoms with Gasteiger partial charge in [0.1, 0.15) is 0 Å². The second kappa shape index (κ2) is 5.10. The summed E-state index contributed by atoms with van der Waals surface area (Å²) < 4.78 is 0. The summed E-state index contributed by atoms with van der Waals surface area (Å²) in [6.07, 6.45) is 0. The number of amides is 1. The maximum absolute atomic E-state index is 12.2. The first kappa shape index (κ1) is 12.5. The summed E-state index contributed by atoms with van der Waals surface area (Å²) in [7, 11) is 1.69. The monoisotopic (exact) mass is 260 g/mol. The molecule has 0 saturated heterocycles. The van der Waals surface area contributed by atoms with E-state index in [0.717, 1.165) is 0 Å². The Kier molecular flexibility index (Phi) is 3.53. The number of benzene rings is 2. The summed E-state index contributed by atoms with van der Waals surface area (Å²) in [5, 5.41) is 0.545. The van der Waals surface area contributed by atoms with Gasteiger partial charge >= 0.3 is 0 Å². The molecule has 2 aromatic rings. The summed E-state index contributed by atoms with van der Waals surface area (Å²) in [4.78, 5) is 13.8. The highest BCUT2D eigenvalue weighted by atomic mass is 35.5. The van der Waals surface area contributed by atoms with Gasteiger partial charge in [0.25, 0.3) is 5.91 Å². The van der Waals surface area contributed by atoms with Crippen LogP contribution in [0.15, 0.2) is 48.5 Å². The van der Waals surface area contributed by atoms with E-state index in [4.69, 9.17) is 17.3 Å². The molecular weight excluding hydrogens is 248 g/mol. The van der Waals surface area contributed by atoms with Crippen molar-refractivity contribution >= 4 is 28.9 Å². The summed E-state index contributed by atoms with van der Waals surface area (Å²) in [6, 6.07) is 14.0. The predicted molar refractivity (Wildman–Crippen MR) is 75.0 cm³/mol. The van der Waals surface area contributed by atoms with Crippen molar-refractivity contribution in [3.8, 4) is 0 Å². The van der Waals surface area contributed by atoms with Crippen molar-refractivity contribution in [1.82, 2.24) is 0 Å². The first-order chi connectivity index (χ1) is 8.59. The van der Waals surface area contributed by atoms with Crippen LogP contribution in [0, 0.1) is 0 Å². The number of para-hydroxylation sites is 1. The molecular formula is C14H13ClN2O. The molecule has 0 aliphatic rings. The molecule has 2 aromatic carbocycles. The number of carbonyl (C=O) groups excluding carboxylic acids is 1. The van der Waals surface area contributed by atoms with Gasteiger partial charge in [0, 0.05) is 18.3 Å². The molecule has 0 atom stereocenters. The van der Waals surface area contributed by atoms with Crippen LogP contribution in [0.4, 0.5) is 11.4 Å².